The van der Waals surface area contributed by atoms with E-state index in [-0.39, 0.29) is 42.9 Å². The van der Waals surface area contributed by atoms with Crippen LogP contribution in [-0.4, -0.2) is 55.5 Å². The molecule has 0 aliphatic heterocycles. The summed E-state index contributed by atoms with van der Waals surface area (Å²) in [5.74, 6) is -3.60. The van der Waals surface area contributed by atoms with E-state index < -0.39 is 35.1 Å². The number of nitrogens with zero attached hydrogens (tertiary/aromatic N) is 4. The highest BCUT2D eigenvalue weighted by Gasteiger charge is 2.22. The molecule has 0 saturated carbocycles. The number of aromatic hydroxyl groups is 2. The van der Waals surface area contributed by atoms with Crippen LogP contribution < -0.4 is 0 Å². The summed E-state index contributed by atoms with van der Waals surface area (Å²) in [6.45, 7) is 10.4. The third-order valence-electron chi connectivity index (χ3n) is 6.68. The largest absolute Gasteiger partial charge is 0.507 e. The second-order valence-corrected chi connectivity index (χ2v) is 13.5. The minimum absolute atomic E-state index is 0. The first kappa shape index (κ1) is 43.7. The fourth-order valence-electron chi connectivity index (χ4n) is 4.37. The molecule has 0 heterocycles. The molecule has 0 amide bonds. The van der Waals surface area contributed by atoms with Gasteiger partial charge in [0.15, 0.2) is 0 Å². The van der Waals surface area contributed by atoms with Gasteiger partial charge in [-0.2, -0.15) is 20.5 Å². The Morgan fingerprint density at radius 3 is 1.39 bits per heavy atom. The molecule has 4 rings (SSSR count). The van der Waals surface area contributed by atoms with Gasteiger partial charge >= 0.3 is 23.9 Å². The number of ether oxygens (including phenoxy) is 2. The zero-order chi connectivity index (χ0) is 39.3. The molecule has 4 aromatic rings. The Balaban J connectivity index is 0.000000367. The average Bonchev–Trinajstić information content (AvgIpc) is 3.06. The number of esters is 2. The molecule has 14 nitrogen and oxygen atoms in total. The summed E-state index contributed by atoms with van der Waals surface area (Å²) >= 11 is 0. The molecule has 0 unspecified atom stereocenters. The lowest BCUT2D eigenvalue weighted by Gasteiger charge is -2.19. The van der Waals surface area contributed by atoms with Crippen molar-refractivity contribution >= 4 is 46.6 Å². The summed E-state index contributed by atoms with van der Waals surface area (Å²) in [4.78, 5) is 46.1. The molecule has 0 spiro atoms. The maximum atomic E-state index is 12.2. The SMILES string of the molecule is C.CC(C)(C)OC(=O)c1cc(N=Nc2ccccc2CC(=O)O)ccc1O.CC(C)(C)OC(=O)c1cc(N=Nc2ccccc2CCC(=O)O)ccc1O. The predicted octanol–water partition coefficient (Wildman–Crippen LogP) is 9.81. The van der Waals surface area contributed by atoms with Crippen LogP contribution >= 0.6 is 0 Å². The summed E-state index contributed by atoms with van der Waals surface area (Å²) in [6.07, 6.45) is 0.158. The lowest BCUT2D eigenvalue weighted by molar-refractivity contribution is -0.137. The van der Waals surface area contributed by atoms with Gasteiger partial charge in [-0.1, -0.05) is 43.8 Å². The van der Waals surface area contributed by atoms with Gasteiger partial charge in [-0.05, 0) is 108 Å². The van der Waals surface area contributed by atoms with Crippen LogP contribution in [0.4, 0.5) is 22.7 Å². The quantitative estimate of drug-likeness (QED) is 0.0842. The number of azo groups is 2. The first-order valence-electron chi connectivity index (χ1n) is 16.4. The van der Waals surface area contributed by atoms with Crippen molar-refractivity contribution in [3.8, 4) is 11.5 Å². The minimum atomic E-state index is -0.968. The Hall–Kier alpha value is -6.44. The zero-order valence-corrected chi connectivity index (χ0v) is 30.2. The molecule has 0 radical (unpaired) electrons. The number of aliphatic carboxylic acids is 2. The molecular formula is C40H46N4O10. The monoisotopic (exact) mass is 742 g/mol. The first-order valence-corrected chi connectivity index (χ1v) is 16.4. The van der Waals surface area contributed by atoms with Crippen LogP contribution in [0.2, 0.25) is 0 Å². The van der Waals surface area contributed by atoms with Crippen LogP contribution in [0, 0.1) is 0 Å². The molecule has 0 bridgehead atoms. The first-order chi connectivity index (χ1) is 24.8. The number of carboxylic acid groups (broad SMARTS) is 2. The molecule has 0 aliphatic carbocycles. The number of aryl methyl sites for hydroxylation is 1. The Bertz CT molecular complexity index is 2010. The number of hydrogen-bond donors (Lipinski definition) is 4. The Labute approximate surface area is 313 Å². The van der Waals surface area contributed by atoms with Crippen LogP contribution in [0.15, 0.2) is 105 Å². The van der Waals surface area contributed by atoms with Gasteiger partial charge in [0, 0.05) is 6.42 Å². The highest BCUT2D eigenvalue weighted by Crippen LogP contribution is 2.30. The minimum Gasteiger partial charge on any atom is -0.507 e. The maximum Gasteiger partial charge on any atom is 0.342 e. The topological polar surface area (TPSA) is 217 Å². The van der Waals surface area contributed by atoms with E-state index in [1.165, 1.54) is 36.4 Å². The van der Waals surface area contributed by atoms with Gasteiger partial charge in [0.2, 0.25) is 0 Å². The average molecular weight is 743 g/mol. The van der Waals surface area contributed by atoms with Crippen LogP contribution in [0.1, 0.15) is 87.2 Å². The predicted molar refractivity (Wildman–Crippen MR) is 202 cm³/mol. The highest BCUT2D eigenvalue weighted by molar-refractivity contribution is 5.94. The molecule has 0 aromatic heterocycles. The molecule has 54 heavy (non-hydrogen) atoms. The standard InChI is InChI=1S/C20H22N2O5.C19H20N2O5.CH4/c1-20(2,3)27-19(26)15-12-14(9-10-17(15)23)21-22-16-7-5-4-6-13(16)8-11-18(24)25;1-19(2,3)26-18(25)14-11-13(8-9-16(14)22)20-21-15-7-5-4-6-12(15)10-17(23)24;/h4-7,9-10,12,23H,8,11H2,1-3H3,(H,24,25);4-9,11,22H,10H2,1-3H3,(H,23,24);1H4. The summed E-state index contributed by atoms with van der Waals surface area (Å²) in [7, 11) is 0. The van der Waals surface area contributed by atoms with Gasteiger partial charge in [-0.15, -0.1) is 0 Å². The summed E-state index contributed by atoms with van der Waals surface area (Å²) in [5.41, 5.74) is 1.53. The number of phenolic OH excluding ortho intramolecular Hbond substituents is 2. The number of benzene rings is 4. The number of carboxylic acids is 2. The smallest absolute Gasteiger partial charge is 0.342 e. The van der Waals surface area contributed by atoms with Gasteiger partial charge in [0.25, 0.3) is 0 Å². The molecule has 0 saturated heterocycles. The van der Waals surface area contributed by atoms with Crippen molar-refractivity contribution in [2.45, 2.75) is 79.4 Å². The molecular weight excluding hydrogens is 696 g/mol. The van der Waals surface area contributed by atoms with Crippen LogP contribution in [0.5, 0.6) is 11.5 Å². The van der Waals surface area contributed by atoms with Crippen LogP contribution in [0.3, 0.4) is 0 Å². The normalized spacial score (nSPS) is 11.3. The lowest BCUT2D eigenvalue weighted by atomic mass is 10.1. The van der Waals surface area contributed by atoms with E-state index in [9.17, 15) is 29.4 Å². The van der Waals surface area contributed by atoms with Gasteiger partial charge in [0.1, 0.15) is 33.8 Å². The zero-order valence-electron chi connectivity index (χ0n) is 30.2. The van der Waals surface area contributed by atoms with Crippen molar-refractivity contribution in [2.24, 2.45) is 20.5 Å². The number of rotatable bonds is 11. The number of carbonyl (C=O) groups is 4. The number of phenols is 2. The Morgan fingerprint density at radius 1 is 0.574 bits per heavy atom. The third kappa shape index (κ3) is 14.7. The summed E-state index contributed by atoms with van der Waals surface area (Å²) < 4.78 is 10.5. The van der Waals surface area contributed by atoms with Gasteiger partial charge < -0.3 is 29.9 Å². The molecule has 286 valence electrons. The third-order valence-corrected chi connectivity index (χ3v) is 6.68. The van der Waals surface area contributed by atoms with Crippen molar-refractivity contribution in [3.63, 3.8) is 0 Å². The van der Waals surface area contributed by atoms with Gasteiger partial charge in [-0.25, -0.2) is 9.59 Å². The molecule has 4 N–H and O–H groups in total. The fraction of sp³-hybridized carbons (Fsp3) is 0.300. The van der Waals surface area contributed by atoms with E-state index in [4.69, 9.17) is 19.7 Å². The molecule has 14 heteroatoms. The number of hydrogen-bond acceptors (Lipinski definition) is 12. The van der Waals surface area contributed by atoms with Crippen molar-refractivity contribution < 1.29 is 49.1 Å². The Kier molecular flexibility index (Phi) is 15.7. The second kappa shape index (κ2) is 19.4. The maximum absolute atomic E-state index is 12.2. The molecule has 0 atom stereocenters. The van der Waals surface area contributed by atoms with E-state index in [2.05, 4.69) is 20.5 Å². The van der Waals surface area contributed by atoms with Crippen LogP contribution in [0.25, 0.3) is 0 Å². The second-order valence-electron chi connectivity index (χ2n) is 13.5. The van der Waals surface area contributed by atoms with Gasteiger partial charge in [0.05, 0.1) is 29.2 Å². The van der Waals surface area contributed by atoms with E-state index >= 15 is 0 Å². The van der Waals surface area contributed by atoms with E-state index in [1.807, 2.05) is 0 Å². The lowest BCUT2D eigenvalue weighted by Crippen LogP contribution is -2.23. The van der Waals surface area contributed by atoms with Crippen LogP contribution in [-0.2, 0) is 31.9 Å². The fourth-order valence-corrected chi connectivity index (χ4v) is 4.37. The Morgan fingerprint density at radius 2 is 0.981 bits per heavy atom. The molecule has 0 fully saturated rings. The van der Waals surface area contributed by atoms with Gasteiger partial charge in [-0.3, -0.25) is 9.59 Å². The van der Waals surface area contributed by atoms with Crippen molar-refractivity contribution in [2.75, 3.05) is 0 Å². The highest BCUT2D eigenvalue weighted by atomic mass is 16.6. The summed E-state index contributed by atoms with van der Waals surface area (Å²) in [6, 6.07) is 22.3. The summed E-state index contributed by atoms with van der Waals surface area (Å²) in [5, 5.41) is 54.0. The van der Waals surface area contributed by atoms with Crippen molar-refractivity contribution in [1.82, 2.24) is 0 Å². The molecule has 4 aromatic carbocycles. The van der Waals surface area contributed by atoms with E-state index in [1.54, 1.807) is 90.1 Å². The van der Waals surface area contributed by atoms with E-state index in [0.717, 1.165) is 5.56 Å². The number of carbonyl (C=O) groups excluding carboxylic acids is 2. The van der Waals surface area contributed by atoms with Crippen molar-refractivity contribution in [3.05, 3.63) is 107 Å². The molecule has 0 aliphatic rings. The van der Waals surface area contributed by atoms with E-state index in [0.29, 0.717) is 34.7 Å². The van der Waals surface area contributed by atoms with Crippen molar-refractivity contribution in [1.29, 1.82) is 0 Å².